The van der Waals surface area contributed by atoms with Crippen molar-refractivity contribution >= 4 is 11.9 Å². The van der Waals surface area contributed by atoms with Crippen LogP contribution in [0.5, 0.6) is 0 Å². The molecule has 5 heteroatoms. The second-order valence-corrected chi connectivity index (χ2v) is 24.6. The van der Waals surface area contributed by atoms with Gasteiger partial charge in [0, 0.05) is 12.8 Å². The van der Waals surface area contributed by atoms with E-state index in [0.29, 0.717) is 12.8 Å². The number of ether oxygens (including phenoxy) is 2. The second kappa shape index (κ2) is 82.9. The summed E-state index contributed by atoms with van der Waals surface area (Å²) in [5, 5.41) is 9.72. The van der Waals surface area contributed by atoms with E-state index in [1.807, 2.05) is 0 Å². The third-order valence-corrected chi connectivity index (χ3v) is 15.6. The maximum absolute atomic E-state index is 12.4. The van der Waals surface area contributed by atoms with Gasteiger partial charge in [-0.1, -0.05) is 360 Å². The third kappa shape index (κ3) is 80.1. The zero-order chi connectivity index (χ0) is 69.0. The molecule has 0 radical (unpaired) electrons. The molecule has 0 aliphatic heterocycles. The molecule has 0 saturated heterocycles. The highest BCUT2D eigenvalue weighted by molar-refractivity contribution is 5.70. The number of hydrogen-bond acceptors (Lipinski definition) is 5. The van der Waals surface area contributed by atoms with E-state index in [9.17, 15) is 14.7 Å². The van der Waals surface area contributed by atoms with E-state index in [4.69, 9.17) is 9.47 Å². The zero-order valence-corrected chi connectivity index (χ0v) is 61.3. The summed E-state index contributed by atoms with van der Waals surface area (Å²) in [6.45, 7) is 3.89. The summed E-state index contributed by atoms with van der Waals surface area (Å²) in [7, 11) is 0. The SMILES string of the molecule is CC/C=C\C/C=C\C/C=C\C/C=C\C/C=C\C/C=C\C/C=C\C/C=C\C/C=C\C/C=C\C/C=C\C/C=C\CCCCCCC(=O)OC(CO)COC(=O)CCCCCCCCCCCCCCCCCC/C=C\C/C=C\C/C=C\C/C=C\C/C=C\C/C=C\C/C=C\C/C=C\CC. The maximum Gasteiger partial charge on any atom is 0.306 e. The molecule has 0 saturated carbocycles. The molecule has 0 aliphatic rings. The van der Waals surface area contributed by atoms with E-state index in [-0.39, 0.29) is 25.2 Å². The quantitative estimate of drug-likeness (QED) is 0.0373. The van der Waals surface area contributed by atoms with Crippen LogP contribution in [0.15, 0.2) is 243 Å². The van der Waals surface area contributed by atoms with Gasteiger partial charge < -0.3 is 14.6 Å². The number of esters is 2. The van der Waals surface area contributed by atoms with E-state index >= 15 is 0 Å². The Hall–Kier alpha value is -6.30. The van der Waals surface area contributed by atoms with Crippen molar-refractivity contribution < 1.29 is 24.2 Å². The molecule has 1 unspecified atom stereocenters. The first-order valence-electron chi connectivity index (χ1n) is 38.6. The number of aliphatic hydroxyl groups excluding tert-OH is 1. The predicted octanol–water partition coefficient (Wildman–Crippen LogP) is 27.8. The lowest BCUT2D eigenvalue weighted by Gasteiger charge is -2.15. The average molecular weight is 1310 g/mol. The molecule has 96 heavy (non-hydrogen) atoms. The van der Waals surface area contributed by atoms with Crippen LogP contribution in [0.3, 0.4) is 0 Å². The summed E-state index contributed by atoms with van der Waals surface area (Å²) in [6, 6.07) is 0. The first-order valence-corrected chi connectivity index (χ1v) is 38.6. The molecule has 0 aromatic carbocycles. The topological polar surface area (TPSA) is 72.8 Å². The molecule has 5 nitrogen and oxygen atoms in total. The first kappa shape index (κ1) is 89.7. The fraction of sp³-hybridized carbons (Fsp3) is 0.538. The van der Waals surface area contributed by atoms with Crippen molar-refractivity contribution in [1.29, 1.82) is 0 Å². The second-order valence-electron chi connectivity index (χ2n) is 24.6. The molecular weight excluding hydrogens is 1170 g/mol. The van der Waals surface area contributed by atoms with Crippen LogP contribution >= 0.6 is 0 Å². The van der Waals surface area contributed by atoms with Crippen LogP contribution < -0.4 is 0 Å². The van der Waals surface area contributed by atoms with Gasteiger partial charge in [0.05, 0.1) is 6.61 Å². The zero-order valence-electron chi connectivity index (χ0n) is 61.3. The number of hydrogen-bond donors (Lipinski definition) is 1. The van der Waals surface area contributed by atoms with Crippen LogP contribution in [0.2, 0.25) is 0 Å². The number of carbonyl (C=O) groups excluding carboxylic acids is 2. The Kier molecular flexibility index (Phi) is 77.5. The van der Waals surface area contributed by atoms with Gasteiger partial charge in [-0.15, -0.1) is 0 Å². The van der Waals surface area contributed by atoms with Crippen LogP contribution in [-0.4, -0.2) is 36.4 Å². The highest BCUT2D eigenvalue weighted by Gasteiger charge is 2.16. The average Bonchev–Trinajstić information content (AvgIpc) is 3.79. The minimum absolute atomic E-state index is 0.0893. The van der Waals surface area contributed by atoms with Crippen LogP contribution in [0.25, 0.3) is 0 Å². The molecule has 0 aromatic rings. The molecule has 0 heterocycles. The van der Waals surface area contributed by atoms with Gasteiger partial charge in [0.25, 0.3) is 0 Å². The Morgan fingerprint density at radius 2 is 0.417 bits per heavy atom. The Morgan fingerprint density at radius 1 is 0.240 bits per heavy atom. The number of unbranched alkanes of at least 4 members (excludes halogenated alkanes) is 20. The van der Waals surface area contributed by atoms with Gasteiger partial charge in [0.1, 0.15) is 6.61 Å². The summed E-state index contributed by atoms with van der Waals surface area (Å²) in [5.41, 5.74) is 0. The molecule has 0 amide bonds. The number of allylic oxidation sites excluding steroid dienone is 40. The molecular formula is C91H140O5. The van der Waals surface area contributed by atoms with Crippen molar-refractivity contribution in [3.8, 4) is 0 Å². The molecule has 534 valence electrons. The van der Waals surface area contributed by atoms with Crippen LogP contribution in [0, 0.1) is 0 Å². The minimum atomic E-state index is -0.804. The molecule has 0 aliphatic carbocycles. The van der Waals surface area contributed by atoms with E-state index in [1.165, 1.54) is 89.9 Å². The number of aliphatic hydroxyl groups is 1. The van der Waals surface area contributed by atoms with Gasteiger partial charge in [0.2, 0.25) is 0 Å². The van der Waals surface area contributed by atoms with Gasteiger partial charge >= 0.3 is 11.9 Å². The number of rotatable bonds is 68. The Bertz CT molecular complexity index is 2340. The molecule has 1 atom stereocenters. The van der Waals surface area contributed by atoms with Gasteiger partial charge in [0.15, 0.2) is 6.10 Å². The van der Waals surface area contributed by atoms with Gasteiger partial charge in [-0.2, -0.15) is 0 Å². The summed E-state index contributed by atoms with van der Waals surface area (Å²) >= 11 is 0. The lowest BCUT2D eigenvalue weighted by Crippen LogP contribution is -2.28. The molecule has 0 rings (SSSR count). The van der Waals surface area contributed by atoms with Crippen LogP contribution in [0.1, 0.15) is 296 Å². The molecule has 0 fully saturated rings. The smallest absolute Gasteiger partial charge is 0.306 e. The van der Waals surface area contributed by atoms with Gasteiger partial charge in [-0.05, 0) is 167 Å². The van der Waals surface area contributed by atoms with E-state index in [0.717, 1.165) is 180 Å². The summed E-state index contributed by atoms with van der Waals surface area (Å²) < 4.78 is 10.7. The Morgan fingerprint density at radius 3 is 0.625 bits per heavy atom. The van der Waals surface area contributed by atoms with Crippen molar-refractivity contribution in [3.63, 3.8) is 0 Å². The van der Waals surface area contributed by atoms with E-state index in [2.05, 4.69) is 257 Å². The Labute approximate surface area is 591 Å². The summed E-state index contributed by atoms with van der Waals surface area (Å²) in [5.74, 6) is -0.630. The van der Waals surface area contributed by atoms with Crippen molar-refractivity contribution in [2.45, 2.75) is 302 Å². The third-order valence-electron chi connectivity index (χ3n) is 15.6. The van der Waals surface area contributed by atoms with E-state index in [1.54, 1.807) is 0 Å². The largest absolute Gasteiger partial charge is 0.462 e. The molecule has 0 bridgehead atoms. The van der Waals surface area contributed by atoms with Crippen molar-refractivity contribution in [2.75, 3.05) is 13.2 Å². The highest BCUT2D eigenvalue weighted by Crippen LogP contribution is 2.16. The lowest BCUT2D eigenvalue weighted by molar-refractivity contribution is -0.161. The Balaban J connectivity index is 3.61. The molecule has 0 spiro atoms. The van der Waals surface area contributed by atoms with Crippen molar-refractivity contribution in [1.82, 2.24) is 0 Å². The van der Waals surface area contributed by atoms with Crippen molar-refractivity contribution in [3.05, 3.63) is 243 Å². The van der Waals surface area contributed by atoms with Gasteiger partial charge in [-0.25, -0.2) is 0 Å². The fourth-order valence-corrected chi connectivity index (χ4v) is 9.97. The number of carbonyl (C=O) groups is 2. The van der Waals surface area contributed by atoms with Crippen LogP contribution in [-0.2, 0) is 19.1 Å². The summed E-state index contributed by atoms with van der Waals surface area (Å²) in [4.78, 5) is 24.7. The predicted molar refractivity (Wildman–Crippen MR) is 425 cm³/mol. The van der Waals surface area contributed by atoms with Gasteiger partial charge in [-0.3, -0.25) is 9.59 Å². The minimum Gasteiger partial charge on any atom is -0.462 e. The van der Waals surface area contributed by atoms with Crippen molar-refractivity contribution in [2.24, 2.45) is 0 Å². The highest BCUT2D eigenvalue weighted by atomic mass is 16.6. The fourth-order valence-electron chi connectivity index (χ4n) is 9.97. The monoisotopic (exact) mass is 1310 g/mol. The summed E-state index contributed by atoms with van der Waals surface area (Å²) in [6.07, 6.45) is 136. The maximum atomic E-state index is 12.4. The first-order chi connectivity index (χ1) is 47.6. The lowest BCUT2D eigenvalue weighted by atomic mass is 10.0. The van der Waals surface area contributed by atoms with Crippen LogP contribution in [0.4, 0.5) is 0 Å². The standard InChI is InChI=1S/C91H140O5/c1-3-5-7-9-11-13-15-17-19-21-23-25-27-29-31-33-35-37-39-41-43-45-47-49-51-53-55-57-59-61-63-65-67-69-71-73-75-77-79-81-83-85-90(93)95-88-89(87-92)96-91(94)86-84-82-80-78-76-74-72-70-68-66-64-62-60-58-56-54-52-50-48-46-44-42-40-38-36-34-32-30-28-26-24-22-20-18-16-14-12-10-8-6-4-2/h5-8,11-14,17-20,23-26,29-32,35-38,41-44,47-50,54,56,60,62,66,68,72,74,89,92H,3-4,9-10,15-16,21-22,27-28,33-34,39-40,45-46,51-53,55,57-59,61,63-65,67,69-71,73,75-88H2,1-2H3/b7-5-,8-6-,13-11-,14-12-,19-17-,20-18-,25-23-,26-24-,31-29-,32-30-,37-35-,38-36-,43-41-,44-42-,49-47-,50-48-,56-54-,62-60-,68-66-,74-72-. The molecule has 0 aromatic heterocycles. The normalized spacial score (nSPS) is 13.7. The molecule has 1 N–H and O–H groups in total. The van der Waals surface area contributed by atoms with E-state index < -0.39 is 6.10 Å².